The zero-order valence-electron chi connectivity index (χ0n) is 11.9. The van der Waals surface area contributed by atoms with E-state index >= 15 is 0 Å². The lowest BCUT2D eigenvalue weighted by atomic mass is 10.1. The fraction of sp³-hybridized carbons (Fsp3) is 0.500. The van der Waals surface area contributed by atoms with Gasteiger partial charge in [-0.05, 0) is 31.2 Å². The Labute approximate surface area is 131 Å². The Morgan fingerprint density at radius 1 is 1.24 bits per heavy atom. The van der Waals surface area contributed by atoms with Crippen molar-refractivity contribution < 1.29 is 4.79 Å². The van der Waals surface area contributed by atoms with Gasteiger partial charge in [0.1, 0.15) is 6.04 Å². The highest BCUT2D eigenvalue weighted by molar-refractivity contribution is 5.85. The number of halogens is 1. The van der Waals surface area contributed by atoms with Crippen LogP contribution in [-0.4, -0.2) is 29.4 Å². The van der Waals surface area contributed by atoms with Gasteiger partial charge >= 0.3 is 0 Å². The zero-order valence-corrected chi connectivity index (χ0v) is 12.7. The van der Waals surface area contributed by atoms with Crippen molar-refractivity contribution >= 4 is 18.3 Å². The van der Waals surface area contributed by atoms with Gasteiger partial charge in [-0.3, -0.25) is 10.1 Å². The van der Waals surface area contributed by atoms with Gasteiger partial charge in [0.15, 0.2) is 0 Å². The molecule has 1 amide bonds. The van der Waals surface area contributed by atoms with E-state index in [0.717, 1.165) is 32.2 Å². The maximum Gasteiger partial charge on any atom is 0.240 e. The van der Waals surface area contributed by atoms with Gasteiger partial charge < -0.3 is 4.90 Å². The van der Waals surface area contributed by atoms with Crippen molar-refractivity contribution in [1.29, 1.82) is 5.26 Å². The Balaban J connectivity index is 0.00000161. The lowest BCUT2D eigenvalue weighted by molar-refractivity contribution is -0.133. The van der Waals surface area contributed by atoms with Crippen LogP contribution >= 0.6 is 12.4 Å². The molecule has 1 aromatic rings. The van der Waals surface area contributed by atoms with Crippen LogP contribution in [0.2, 0.25) is 0 Å². The van der Waals surface area contributed by atoms with Gasteiger partial charge in [-0.15, -0.1) is 12.4 Å². The Morgan fingerprint density at radius 2 is 2.00 bits per heavy atom. The first-order valence-corrected chi connectivity index (χ1v) is 7.30. The van der Waals surface area contributed by atoms with E-state index in [2.05, 4.69) is 23.5 Å². The predicted octanol–water partition coefficient (Wildman–Crippen LogP) is 2.42. The fourth-order valence-corrected chi connectivity index (χ4v) is 3.25. The summed E-state index contributed by atoms with van der Waals surface area (Å²) in [6, 6.07) is 12.4. The molecule has 0 spiro atoms. The highest BCUT2D eigenvalue weighted by Gasteiger charge is 2.36. The Kier molecular flexibility index (Phi) is 5.22. The molecule has 0 radical (unpaired) electrons. The molecule has 112 valence electrons. The molecule has 0 aromatic heterocycles. The summed E-state index contributed by atoms with van der Waals surface area (Å²) in [5, 5.41) is 12.5. The summed E-state index contributed by atoms with van der Waals surface area (Å²) in [5.41, 5.74) is 1.24. The highest BCUT2D eigenvalue weighted by Crippen LogP contribution is 2.28. The summed E-state index contributed by atoms with van der Waals surface area (Å²) in [5.74, 6) is 0.104. The van der Waals surface area contributed by atoms with Gasteiger partial charge in [-0.2, -0.15) is 5.26 Å². The molecular weight excluding hydrogens is 286 g/mol. The zero-order chi connectivity index (χ0) is 13.9. The maximum atomic E-state index is 12.5. The standard InChI is InChI=1S/C16H19N3O.ClH/c17-11-13-7-4-10-19(13)16(20)15-9-8-14(18-15)12-5-2-1-3-6-12;/h1-3,5-6,13-15,18H,4,7-10H2;1H/t13-,14-,15?;/m0./s1. The average Bonchev–Trinajstić information content (AvgIpc) is 3.16. The van der Waals surface area contributed by atoms with Gasteiger partial charge in [-0.25, -0.2) is 0 Å². The predicted molar refractivity (Wildman–Crippen MR) is 82.9 cm³/mol. The third kappa shape index (κ3) is 3.20. The Morgan fingerprint density at radius 3 is 2.71 bits per heavy atom. The van der Waals surface area contributed by atoms with Crippen molar-refractivity contribution in [1.82, 2.24) is 10.2 Å². The molecule has 0 aliphatic carbocycles. The second kappa shape index (κ2) is 6.93. The van der Waals surface area contributed by atoms with Crippen LogP contribution in [0.5, 0.6) is 0 Å². The number of nitrogens with one attached hydrogen (secondary N) is 1. The normalized spacial score (nSPS) is 28.0. The number of carbonyl (C=O) groups is 1. The van der Waals surface area contributed by atoms with Gasteiger partial charge in [0.2, 0.25) is 5.91 Å². The van der Waals surface area contributed by atoms with Crippen LogP contribution in [0.1, 0.15) is 37.3 Å². The minimum Gasteiger partial charge on any atom is -0.325 e. The SMILES string of the molecule is Cl.N#C[C@@H]1CCCN1C(=O)C1CC[C@@H](c2ccccc2)N1. The summed E-state index contributed by atoms with van der Waals surface area (Å²) < 4.78 is 0. The van der Waals surface area contributed by atoms with Crippen LogP contribution < -0.4 is 5.32 Å². The Hall–Kier alpha value is -1.57. The number of hydrogen-bond acceptors (Lipinski definition) is 3. The molecule has 2 saturated heterocycles. The van der Waals surface area contributed by atoms with E-state index in [4.69, 9.17) is 5.26 Å². The monoisotopic (exact) mass is 305 g/mol. The largest absolute Gasteiger partial charge is 0.325 e. The van der Waals surface area contributed by atoms with Crippen LogP contribution in [0.3, 0.4) is 0 Å². The number of amides is 1. The minimum absolute atomic E-state index is 0. The number of nitriles is 1. The number of benzene rings is 1. The van der Waals surface area contributed by atoms with Gasteiger partial charge in [0.05, 0.1) is 12.1 Å². The number of nitrogens with zero attached hydrogens (tertiary/aromatic N) is 2. The van der Waals surface area contributed by atoms with E-state index < -0.39 is 0 Å². The smallest absolute Gasteiger partial charge is 0.240 e. The van der Waals surface area contributed by atoms with E-state index in [-0.39, 0.29) is 36.4 Å². The van der Waals surface area contributed by atoms with Crippen molar-refractivity contribution in [2.24, 2.45) is 0 Å². The molecule has 3 atom stereocenters. The third-order valence-electron chi connectivity index (χ3n) is 4.33. The molecule has 1 N–H and O–H groups in total. The van der Waals surface area contributed by atoms with Crippen molar-refractivity contribution in [3.63, 3.8) is 0 Å². The first-order chi connectivity index (χ1) is 9.79. The average molecular weight is 306 g/mol. The lowest BCUT2D eigenvalue weighted by Gasteiger charge is -2.24. The lowest BCUT2D eigenvalue weighted by Crippen LogP contribution is -2.45. The maximum absolute atomic E-state index is 12.5. The van der Waals surface area contributed by atoms with Gasteiger partial charge in [0.25, 0.3) is 0 Å². The van der Waals surface area contributed by atoms with Crippen molar-refractivity contribution in [2.45, 2.75) is 43.8 Å². The molecule has 2 fully saturated rings. The van der Waals surface area contributed by atoms with Crippen LogP contribution in [0.15, 0.2) is 30.3 Å². The van der Waals surface area contributed by atoms with Crippen LogP contribution in [0.25, 0.3) is 0 Å². The first-order valence-electron chi connectivity index (χ1n) is 7.30. The van der Waals surface area contributed by atoms with E-state index in [1.54, 1.807) is 4.90 Å². The van der Waals surface area contributed by atoms with Crippen molar-refractivity contribution in [3.05, 3.63) is 35.9 Å². The van der Waals surface area contributed by atoms with E-state index in [1.807, 2.05) is 18.2 Å². The van der Waals surface area contributed by atoms with Crippen LogP contribution in [-0.2, 0) is 4.79 Å². The molecule has 2 heterocycles. The second-order valence-corrected chi connectivity index (χ2v) is 5.58. The van der Waals surface area contributed by atoms with E-state index in [9.17, 15) is 4.79 Å². The number of hydrogen-bond donors (Lipinski definition) is 1. The number of carbonyl (C=O) groups excluding carboxylic acids is 1. The third-order valence-corrected chi connectivity index (χ3v) is 4.33. The molecule has 1 unspecified atom stereocenters. The molecule has 21 heavy (non-hydrogen) atoms. The van der Waals surface area contributed by atoms with Gasteiger partial charge in [-0.1, -0.05) is 30.3 Å². The first kappa shape index (κ1) is 15.8. The molecule has 1 aromatic carbocycles. The number of likely N-dealkylation sites (tertiary alicyclic amines) is 1. The summed E-state index contributed by atoms with van der Waals surface area (Å²) in [7, 11) is 0. The molecule has 0 bridgehead atoms. The quantitative estimate of drug-likeness (QED) is 0.913. The topological polar surface area (TPSA) is 56.1 Å². The Bertz CT molecular complexity index is 528. The van der Waals surface area contributed by atoms with Crippen LogP contribution in [0.4, 0.5) is 0 Å². The van der Waals surface area contributed by atoms with E-state index in [0.29, 0.717) is 0 Å². The molecule has 0 saturated carbocycles. The minimum atomic E-state index is -0.222. The molecule has 3 rings (SSSR count). The van der Waals surface area contributed by atoms with Gasteiger partial charge in [0, 0.05) is 12.6 Å². The molecule has 2 aliphatic rings. The van der Waals surface area contributed by atoms with Crippen LogP contribution in [0, 0.1) is 11.3 Å². The van der Waals surface area contributed by atoms with Crippen molar-refractivity contribution in [2.75, 3.05) is 6.54 Å². The van der Waals surface area contributed by atoms with E-state index in [1.165, 1.54) is 5.56 Å². The molecule has 4 nitrogen and oxygen atoms in total. The number of rotatable bonds is 2. The molecule has 5 heteroatoms. The summed E-state index contributed by atoms with van der Waals surface area (Å²) in [6.07, 6.45) is 3.59. The molecule has 2 aliphatic heterocycles. The second-order valence-electron chi connectivity index (χ2n) is 5.58. The summed E-state index contributed by atoms with van der Waals surface area (Å²) in [6.45, 7) is 0.727. The molecular formula is C16H20ClN3O. The summed E-state index contributed by atoms with van der Waals surface area (Å²) in [4.78, 5) is 14.3. The highest BCUT2D eigenvalue weighted by atomic mass is 35.5. The summed E-state index contributed by atoms with van der Waals surface area (Å²) >= 11 is 0. The van der Waals surface area contributed by atoms with Crippen molar-refractivity contribution in [3.8, 4) is 6.07 Å². The fourth-order valence-electron chi connectivity index (χ4n) is 3.25.